The largest absolute Gasteiger partial charge is 0.493 e. The van der Waals surface area contributed by atoms with Crippen LogP contribution in [0, 0.1) is 5.82 Å². The normalized spacial score (nSPS) is 22.6. The van der Waals surface area contributed by atoms with Crippen LogP contribution in [-0.4, -0.2) is 54.5 Å². The molecule has 0 N–H and O–H groups in total. The van der Waals surface area contributed by atoms with Crippen molar-refractivity contribution in [3.05, 3.63) is 30.1 Å². The molecule has 2 atom stereocenters. The molecule has 22 heavy (non-hydrogen) atoms. The van der Waals surface area contributed by atoms with Crippen LogP contribution in [-0.2, 0) is 4.79 Å². The van der Waals surface area contributed by atoms with E-state index in [-0.39, 0.29) is 17.8 Å². The van der Waals surface area contributed by atoms with Crippen LogP contribution in [0.15, 0.2) is 24.3 Å². The van der Waals surface area contributed by atoms with Crippen LogP contribution < -0.4 is 4.74 Å². The summed E-state index contributed by atoms with van der Waals surface area (Å²) >= 11 is 0. The molecule has 0 spiro atoms. The lowest BCUT2D eigenvalue weighted by atomic mass is 10.1. The van der Waals surface area contributed by atoms with Gasteiger partial charge in [0.15, 0.2) is 0 Å². The van der Waals surface area contributed by atoms with Crippen molar-refractivity contribution in [3.8, 4) is 5.75 Å². The molecule has 2 rings (SSSR count). The smallest absolute Gasteiger partial charge is 0.223 e. The highest BCUT2D eigenvalue weighted by molar-refractivity contribution is 5.76. The van der Waals surface area contributed by atoms with Gasteiger partial charge in [0.1, 0.15) is 11.6 Å². The molecular weight excluding hydrogens is 283 g/mol. The third-order valence-electron chi connectivity index (χ3n) is 4.22. The molecule has 4 nitrogen and oxygen atoms in total. The minimum atomic E-state index is -0.311. The van der Waals surface area contributed by atoms with Gasteiger partial charge in [0.25, 0.3) is 0 Å². The van der Waals surface area contributed by atoms with E-state index >= 15 is 0 Å². The fourth-order valence-corrected chi connectivity index (χ4v) is 2.76. The maximum atomic E-state index is 13.0. The molecule has 0 radical (unpaired) electrons. The average Bonchev–Trinajstić information content (AvgIpc) is 2.47. The van der Waals surface area contributed by atoms with E-state index in [1.165, 1.54) is 12.1 Å². The van der Waals surface area contributed by atoms with E-state index < -0.39 is 0 Å². The van der Waals surface area contributed by atoms with Gasteiger partial charge in [-0.3, -0.25) is 9.69 Å². The topological polar surface area (TPSA) is 32.8 Å². The number of rotatable bonds is 5. The highest BCUT2D eigenvalue weighted by atomic mass is 19.1. The third kappa shape index (κ3) is 4.44. The number of piperazine rings is 1. The summed E-state index contributed by atoms with van der Waals surface area (Å²) in [5, 5.41) is 0. The van der Waals surface area contributed by atoms with Crippen LogP contribution in [0.2, 0.25) is 0 Å². The zero-order valence-electron chi connectivity index (χ0n) is 13.6. The van der Waals surface area contributed by atoms with Crippen molar-refractivity contribution >= 4 is 5.91 Å². The second-order valence-electron chi connectivity index (χ2n) is 6.09. The summed E-state index contributed by atoms with van der Waals surface area (Å²) in [6.45, 7) is 6.34. The van der Waals surface area contributed by atoms with Gasteiger partial charge in [-0.2, -0.15) is 0 Å². The first-order valence-corrected chi connectivity index (χ1v) is 7.85. The molecule has 5 heteroatoms. The Labute approximate surface area is 131 Å². The van der Waals surface area contributed by atoms with Crippen molar-refractivity contribution in [3.63, 3.8) is 0 Å². The monoisotopic (exact) mass is 308 g/mol. The number of hydrogen-bond acceptors (Lipinski definition) is 3. The zero-order chi connectivity index (χ0) is 16.1. The van der Waals surface area contributed by atoms with Gasteiger partial charge >= 0.3 is 0 Å². The minimum absolute atomic E-state index is 0.176. The van der Waals surface area contributed by atoms with E-state index in [9.17, 15) is 9.18 Å². The van der Waals surface area contributed by atoms with Gasteiger partial charge in [0, 0.05) is 37.7 Å². The van der Waals surface area contributed by atoms with Crippen molar-refractivity contribution in [2.75, 3.05) is 26.7 Å². The number of carbonyl (C=O) groups is 1. The number of ether oxygens (including phenoxy) is 1. The lowest BCUT2D eigenvalue weighted by Crippen LogP contribution is -2.56. The fraction of sp³-hybridized carbons (Fsp3) is 0.588. The fourth-order valence-electron chi connectivity index (χ4n) is 2.76. The predicted octanol–water partition coefficient (Wildman–Crippen LogP) is 2.54. The molecule has 1 aliphatic heterocycles. The van der Waals surface area contributed by atoms with E-state index in [2.05, 4.69) is 25.8 Å². The first kappa shape index (κ1) is 16.7. The molecular formula is C17H25FN2O2. The Balaban J connectivity index is 1.73. The van der Waals surface area contributed by atoms with Crippen molar-refractivity contribution < 1.29 is 13.9 Å². The highest BCUT2D eigenvalue weighted by Gasteiger charge is 2.29. The van der Waals surface area contributed by atoms with Crippen LogP contribution in [0.4, 0.5) is 4.39 Å². The summed E-state index contributed by atoms with van der Waals surface area (Å²) in [6.07, 6.45) is 1.11. The molecule has 0 saturated carbocycles. The number of halogens is 1. The molecule has 122 valence electrons. The molecule has 1 aliphatic rings. The number of carbonyl (C=O) groups excluding carboxylic acids is 1. The quantitative estimate of drug-likeness (QED) is 0.784. The standard InChI is InChI=1S/C17H25FN2O2/c1-13-12-20(14(2)11-19(13)3)17(21)8-5-9-22-16-7-4-6-15(18)10-16/h4,6-7,10,13-14H,5,8-9,11-12H2,1-3H3/t13-,14-/m1/s1. The molecule has 1 heterocycles. The summed E-state index contributed by atoms with van der Waals surface area (Å²) in [5.41, 5.74) is 0. The van der Waals surface area contributed by atoms with Crippen LogP contribution in [0.1, 0.15) is 26.7 Å². The van der Waals surface area contributed by atoms with Gasteiger partial charge in [0.05, 0.1) is 6.61 Å². The Kier molecular flexibility index (Phi) is 5.77. The predicted molar refractivity (Wildman–Crippen MR) is 84.4 cm³/mol. The van der Waals surface area contributed by atoms with Gasteiger partial charge in [-0.15, -0.1) is 0 Å². The molecule has 1 aromatic rings. The Hall–Kier alpha value is -1.62. The van der Waals surface area contributed by atoms with Crippen LogP contribution in [0.25, 0.3) is 0 Å². The Morgan fingerprint density at radius 1 is 1.32 bits per heavy atom. The minimum Gasteiger partial charge on any atom is -0.493 e. The van der Waals surface area contributed by atoms with E-state index in [1.807, 2.05) is 4.90 Å². The SMILES string of the molecule is C[C@@H]1CN(C(=O)CCCOc2cccc(F)c2)[C@H](C)CN1C. The molecule has 0 aliphatic carbocycles. The van der Waals surface area contributed by atoms with Gasteiger partial charge in [-0.1, -0.05) is 6.07 Å². The molecule has 1 fully saturated rings. The van der Waals surface area contributed by atoms with Gasteiger partial charge in [-0.25, -0.2) is 4.39 Å². The summed E-state index contributed by atoms with van der Waals surface area (Å²) in [6, 6.07) is 6.71. The molecule has 1 saturated heterocycles. The Morgan fingerprint density at radius 2 is 2.09 bits per heavy atom. The van der Waals surface area contributed by atoms with Crippen LogP contribution in [0.3, 0.4) is 0 Å². The number of nitrogens with zero attached hydrogens (tertiary/aromatic N) is 2. The number of likely N-dealkylation sites (N-methyl/N-ethyl adjacent to an activating group) is 1. The summed E-state index contributed by atoms with van der Waals surface area (Å²) in [4.78, 5) is 16.6. The van der Waals surface area contributed by atoms with Crippen molar-refractivity contribution in [2.45, 2.75) is 38.8 Å². The zero-order valence-corrected chi connectivity index (χ0v) is 13.6. The van der Waals surface area contributed by atoms with E-state index in [1.54, 1.807) is 12.1 Å². The first-order chi connectivity index (χ1) is 10.5. The first-order valence-electron chi connectivity index (χ1n) is 7.85. The van der Waals surface area contributed by atoms with E-state index in [0.29, 0.717) is 31.2 Å². The van der Waals surface area contributed by atoms with E-state index in [4.69, 9.17) is 4.74 Å². The Morgan fingerprint density at radius 3 is 2.82 bits per heavy atom. The molecule has 0 bridgehead atoms. The Bertz CT molecular complexity index is 509. The molecule has 1 amide bonds. The lowest BCUT2D eigenvalue weighted by molar-refractivity contribution is -0.137. The van der Waals surface area contributed by atoms with Crippen molar-refractivity contribution in [1.29, 1.82) is 0 Å². The number of benzene rings is 1. The maximum Gasteiger partial charge on any atom is 0.223 e. The maximum absolute atomic E-state index is 13.0. The van der Waals surface area contributed by atoms with E-state index in [0.717, 1.165) is 13.1 Å². The van der Waals surface area contributed by atoms with Gasteiger partial charge in [0.2, 0.25) is 5.91 Å². The van der Waals surface area contributed by atoms with Gasteiger partial charge in [-0.05, 0) is 39.4 Å². The molecule has 1 aromatic carbocycles. The highest BCUT2D eigenvalue weighted by Crippen LogP contribution is 2.16. The second kappa shape index (κ2) is 7.58. The average molecular weight is 308 g/mol. The van der Waals surface area contributed by atoms with Crippen LogP contribution in [0.5, 0.6) is 5.75 Å². The van der Waals surface area contributed by atoms with Gasteiger partial charge < -0.3 is 9.64 Å². The lowest BCUT2D eigenvalue weighted by Gasteiger charge is -2.42. The molecule has 0 unspecified atom stereocenters. The summed E-state index contributed by atoms with van der Waals surface area (Å²) in [5.74, 6) is 0.373. The van der Waals surface area contributed by atoms with Crippen LogP contribution >= 0.6 is 0 Å². The second-order valence-corrected chi connectivity index (χ2v) is 6.09. The number of hydrogen-bond donors (Lipinski definition) is 0. The van der Waals surface area contributed by atoms with Crippen molar-refractivity contribution in [1.82, 2.24) is 9.80 Å². The molecule has 0 aromatic heterocycles. The third-order valence-corrected chi connectivity index (χ3v) is 4.22. The summed E-state index contributed by atoms with van der Waals surface area (Å²) in [7, 11) is 2.09. The van der Waals surface area contributed by atoms with Crippen molar-refractivity contribution in [2.24, 2.45) is 0 Å². The summed E-state index contributed by atoms with van der Waals surface area (Å²) < 4.78 is 18.5. The number of amides is 1.